The SMILES string of the molecule is C=C(NCCN(C)C(=C)C)/C(C)=C(NC(=O)CN1CCCCCC1)/C(C)=C\C.CC(C)(C)C.[HH].[HH]. The molecule has 0 aromatic carbocycles. The summed E-state index contributed by atoms with van der Waals surface area (Å²) in [6.07, 6.45) is 6.93. The highest BCUT2D eigenvalue weighted by molar-refractivity contribution is 5.81. The van der Waals surface area contributed by atoms with Gasteiger partial charge in [0.2, 0.25) is 5.91 Å². The molecule has 0 radical (unpaired) electrons. The van der Waals surface area contributed by atoms with E-state index in [1.165, 1.54) is 25.7 Å². The van der Waals surface area contributed by atoms with Crippen LogP contribution in [0.3, 0.4) is 0 Å². The van der Waals surface area contributed by atoms with E-state index in [4.69, 9.17) is 0 Å². The Kier molecular flexibility index (Phi) is 14.8. The number of amides is 1. The predicted molar refractivity (Wildman–Crippen MR) is 149 cm³/mol. The summed E-state index contributed by atoms with van der Waals surface area (Å²) < 4.78 is 0. The van der Waals surface area contributed by atoms with Crippen molar-refractivity contribution in [2.75, 3.05) is 39.8 Å². The molecule has 0 unspecified atom stereocenters. The lowest BCUT2D eigenvalue weighted by Crippen LogP contribution is -2.38. The minimum Gasteiger partial charge on any atom is -0.383 e. The molecule has 1 aliphatic heterocycles. The van der Waals surface area contributed by atoms with Gasteiger partial charge in [0.1, 0.15) is 0 Å². The molecule has 1 saturated heterocycles. The molecular formula is C28H56N4O. The van der Waals surface area contributed by atoms with Gasteiger partial charge >= 0.3 is 0 Å². The molecule has 1 fully saturated rings. The molecule has 5 heteroatoms. The van der Waals surface area contributed by atoms with Crippen LogP contribution in [0.15, 0.2) is 47.5 Å². The van der Waals surface area contributed by atoms with E-state index >= 15 is 0 Å². The first-order valence-electron chi connectivity index (χ1n) is 12.4. The fourth-order valence-electron chi connectivity index (χ4n) is 3.16. The minimum absolute atomic E-state index is 0. The third-order valence-corrected chi connectivity index (χ3v) is 5.42. The smallest absolute Gasteiger partial charge is 0.238 e. The highest BCUT2D eigenvalue weighted by Gasteiger charge is 2.16. The maximum absolute atomic E-state index is 12.7. The quantitative estimate of drug-likeness (QED) is 0.371. The Bertz CT molecular complexity index is 694. The van der Waals surface area contributed by atoms with E-state index in [9.17, 15) is 4.79 Å². The van der Waals surface area contributed by atoms with E-state index in [1.54, 1.807) is 0 Å². The third kappa shape index (κ3) is 15.5. The van der Waals surface area contributed by atoms with E-state index < -0.39 is 0 Å². The van der Waals surface area contributed by atoms with Crippen LogP contribution in [0.4, 0.5) is 0 Å². The van der Waals surface area contributed by atoms with Gasteiger partial charge < -0.3 is 15.5 Å². The first-order chi connectivity index (χ1) is 15.3. The van der Waals surface area contributed by atoms with Gasteiger partial charge in [0.25, 0.3) is 0 Å². The highest BCUT2D eigenvalue weighted by atomic mass is 16.2. The standard InChI is InChI=1S/C23H40N4O.C5H12.2H2/c1-8-19(4)23(20(5)21(6)24-13-16-26(7)18(2)3)25-22(28)17-27-14-11-9-10-12-15-27;1-5(2,3)4;;/h8,24H,2,6,9-17H2,1,3-5,7H3,(H,25,28);1-4H3;2*1H/b19-8-,23-20-;;;. The molecule has 1 aliphatic rings. The molecular weight excluding hydrogens is 408 g/mol. The summed E-state index contributed by atoms with van der Waals surface area (Å²) in [5.74, 6) is 0.0484. The van der Waals surface area contributed by atoms with Gasteiger partial charge in [-0.2, -0.15) is 0 Å². The number of carbonyl (C=O) groups excluding carboxylic acids is 1. The number of nitrogens with zero attached hydrogens (tertiary/aromatic N) is 2. The molecule has 0 aliphatic carbocycles. The van der Waals surface area contributed by atoms with Crippen LogP contribution in [0, 0.1) is 5.41 Å². The zero-order valence-electron chi connectivity index (χ0n) is 23.2. The highest BCUT2D eigenvalue weighted by Crippen LogP contribution is 2.17. The van der Waals surface area contributed by atoms with Gasteiger partial charge in [0.15, 0.2) is 0 Å². The summed E-state index contributed by atoms with van der Waals surface area (Å²) in [6.45, 7) is 29.0. The molecule has 0 aromatic heterocycles. The van der Waals surface area contributed by atoms with Crippen molar-refractivity contribution >= 4 is 5.91 Å². The van der Waals surface area contributed by atoms with E-state index in [0.717, 1.165) is 54.4 Å². The van der Waals surface area contributed by atoms with Crippen molar-refractivity contribution in [3.63, 3.8) is 0 Å². The van der Waals surface area contributed by atoms with Gasteiger partial charge in [-0.25, -0.2) is 0 Å². The molecule has 2 N–H and O–H groups in total. The average Bonchev–Trinajstić information content (AvgIpc) is 2.98. The first kappa shape index (κ1) is 31.0. The summed E-state index contributed by atoms with van der Waals surface area (Å²) >= 11 is 0. The van der Waals surface area contributed by atoms with Gasteiger partial charge in [-0.3, -0.25) is 9.69 Å². The van der Waals surface area contributed by atoms with Gasteiger partial charge in [-0.05, 0) is 70.2 Å². The van der Waals surface area contributed by atoms with Crippen molar-refractivity contribution in [2.45, 2.75) is 81.1 Å². The summed E-state index contributed by atoms with van der Waals surface area (Å²) in [4.78, 5) is 17.0. The lowest BCUT2D eigenvalue weighted by atomic mass is 10.0. The lowest BCUT2D eigenvalue weighted by Gasteiger charge is -2.23. The normalized spacial score (nSPS) is 16.0. The maximum Gasteiger partial charge on any atom is 0.238 e. The largest absolute Gasteiger partial charge is 0.383 e. The van der Waals surface area contributed by atoms with E-state index in [1.807, 2.05) is 40.8 Å². The monoisotopic (exact) mass is 464 g/mol. The molecule has 0 bridgehead atoms. The molecule has 1 rings (SSSR count). The van der Waals surface area contributed by atoms with Crippen LogP contribution >= 0.6 is 0 Å². The van der Waals surface area contributed by atoms with Crippen LogP contribution in [0.5, 0.6) is 0 Å². The summed E-state index contributed by atoms with van der Waals surface area (Å²) in [6, 6.07) is 0. The molecule has 5 nitrogen and oxygen atoms in total. The Morgan fingerprint density at radius 3 is 2.03 bits per heavy atom. The van der Waals surface area contributed by atoms with Crippen molar-refractivity contribution in [3.8, 4) is 0 Å². The Labute approximate surface area is 208 Å². The van der Waals surface area contributed by atoms with Crippen LogP contribution in [0.2, 0.25) is 0 Å². The zero-order valence-corrected chi connectivity index (χ0v) is 23.2. The number of allylic oxidation sites excluding steroid dienone is 4. The third-order valence-electron chi connectivity index (χ3n) is 5.42. The van der Waals surface area contributed by atoms with Crippen molar-refractivity contribution in [1.29, 1.82) is 0 Å². The Hall–Kier alpha value is -2.01. The second-order valence-corrected chi connectivity index (χ2v) is 10.8. The molecule has 0 aromatic rings. The van der Waals surface area contributed by atoms with E-state index in [2.05, 4.69) is 61.3 Å². The molecule has 0 saturated carbocycles. The Balaban J connectivity index is -0.00000132. The van der Waals surface area contributed by atoms with Crippen molar-refractivity contribution in [3.05, 3.63) is 47.5 Å². The summed E-state index contributed by atoms with van der Waals surface area (Å²) in [5.41, 5.74) is 5.24. The molecule has 33 heavy (non-hydrogen) atoms. The van der Waals surface area contributed by atoms with Crippen LogP contribution in [0.1, 0.15) is 83.9 Å². The number of rotatable bonds is 10. The van der Waals surface area contributed by atoms with Crippen molar-refractivity contribution in [2.24, 2.45) is 5.41 Å². The van der Waals surface area contributed by atoms with E-state index in [-0.39, 0.29) is 8.76 Å². The fraction of sp³-hybridized carbons (Fsp3) is 0.679. The molecule has 0 atom stereocenters. The van der Waals surface area contributed by atoms with E-state index in [0.29, 0.717) is 12.0 Å². The average molecular weight is 465 g/mol. The van der Waals surface area contributed by atoms with Crippen LogP contribution in [-0.4, -0.2) is 55.5 Å². The molecule has 194 valence electrons. The second kappa shape index (κ2) is 15.8. The van der Waals surface area contributed by atoms with Crippen LogP contribution in [-0.2, 0) is 4.79 Å². The summed E-state index contributed by atoms with van der Waals surface area (Å²) in [7, 11) is 2.02. The predicted octanol–water partition coefficient (Wildman–Crippen LogP) is 6.33. The van der Waals surface area contributed by atoms with Crippen molar-refractivity contribution in [1.82, 2.24) is 20.4 Å². The fourth-order valence-corrected chi connectivity index (χ4v) is 3.16. The minimum atomic E-state index is 0. The first-order valence-corrected chi connectivity index (χ1v) is 12.4. The van der Waals surface area contributed by atoms with Gasteiger partial charge in [0, 0.05) is 40.1 Å². The van der Waals surface area contributed by atoms with Gasteiger partial charge in [-0.15, -0.1) is 0 Å². The number of nitrogens with one attached hydrogen (secondary N) is 2. The number of likely N-dealkylation sites (tertiary alicyclic amines) is 1. The lowest BCUT2D eigenvalue weighted by molar-refractivity contribution is -0.121. The number of hydrogen-bond acceptors (Lipinski definition) is 4. The molecule has 1 heterocycles. The Morgan fingerprint density at radius 1 is 1.06 bits per heavy atom. The number of likely N-dealkylation sites (N-methyl/N-ethyl adjacent to an activating group) is 1. The topological polar surface area (TPSA) is 47.6 Å². The number of hydrogen-bond donors (Lipinski definition) is 2. The maximum atomic E-state index is 12.7. The molecule has 0 spiro atoms. The van der Waals surface area contributed by atoms with Crippen molar-refractivity contribution < 1.29 is 7.65 Å². The summed E-state index contributed by atoms with van der Waals surface area (Å²) in [5, 5.41) is 6.51. The van der Waals surface area contributed by atoms with Crippen LogP contribution in [0.25, 0.3) is 0 Å². The van der Waals surface area contributed by atoms with Crippen LogP contribution < -0.4 is 10.6 Å². The Morgan fingerprint density at radius 2 is 1.58 bits per heavy atom. The zero-order chi connectivity index (χ0) is 25.6. The van der Waals surface area contributed by atoms with Gasteiger partial charge in [-0.1, -0.05) is 59.8 Å². The second-order valence-electron chi connectivity index (χ2n) is 10.8. The van der Waals surface area contributed by atoms with Gasteiger partial charge in [0.05, 0.1) is 6.54 Å². The number of carbonyl (C=O) groups is 1. The molecule has 1 amide bonds.